The van der Waals surface area contributed by atoms with E-state index in [0.717, 1.165) is 25.7 Å². The van der Waals surface area contributed by atoms with Gasteiger partial charge in [0, 0.05) is 13.7 Å². The molecule has 0 aromatic carbocycles. The number of rotatable bonds is 8. The van der Waals surface area contributed by atoms with Gasteiger partial charge in [0.1, 0.15) is 0 Å². The van der Waals surface area contributed by atoms with Crippen molar-refractivity contribution in [2.75, 3.05) is 33.5 Å². The number of thiocarbonyl (C=S) groups is 1. The van der Waals surface area contributed by atoms with Crippen molar-refractivity contribution < 1.29 is 14.3 Å². The molecule has 0 saturated heterocycles. The normalized spacial score (nSPS) is 17.6. The predicted molar refractivity (Wildman–Crippen MR) is 73.4 cm³/mol. The molecule has 18 heavy (non-hydrogen) atoms. The number of carbonyl (C=O) groups is 1. The summed E-state index contributed by atoms with van der Waals surface area (Å²) in [6.45, 7) is 2.05. The molecule has 0 aromatic heterocycles. The minimum Gasteiger partial charge on any atom is -0.392 e. The first-order chi connectivity index (χ1) is 8.63. The second-order valence-electron chi connectivity index (χ2n) is 4.51. The minimum absolute atomic E-state index is 0.0529. The smallest absolute Gasteiger partial charge is 0.233 e. The fraction of sp³-hybridized carbons (Fsp3) is 0.833. The van der Waals surface area contributed by atoms with Crippen LogP contribution in [0.4, 0.5) is 0 Å². The Morgan fingerprint density at radius 1 is 1.33 bits per heavy atom. The van der Waals surface area contributed by atoms with Crippen molar-refractivity contribution in [3.8, 4) is 0 Å². The standard InChI is InChI=1S/C12H22N2O3S/c1-16-8-9-17-7-6-14-11(15)12(10(13)18)4-2-3-5-12/h2-9H2,1H3,(H2,13,18)(H,14,15). The highest BCUT2D eigenvalue weighted by molar-refractivity contribution is 7.80. The molecule has 1 aliphatic carbocycles. The van der Waals surface area contributed by atoms with Crippen LogP contribution in [0, 0.1) is 5.41 Å². The predicted octanol–water partition coefficient (Wildman–Crippen LogP) is 0.612. The molecule has 3 N–H and O–H groups in total. The van der Waals surface area contributed by atoms with Gasteiger partial charge in [0.05, 0.1) is 30.2 Å². The molecular formula is C12H22N2O3S. The Labute approximate surface area is 113 Å². The number of carbonyl (C=O) groups excluding carboxylic acids is 1. The summed E-state index contributed by atoms with van der Waals surface area (Å²) in [4.78, 5) is 12.5. The highest BCUT2D eigenvalue weighted by Crippen LogP contribution is 2.38. The molecule has 5 nitrogen and oxygen atoms in total. The average molecular weight is 274 g/mol. The SMILES string of the molecule is COCCOCCNC(=O)C1(C(N)=S)CCCC1. The monoisotopic (exact) mass is 274 g/mol. The topological polar surface area (TPSA) is 73.6 Å². The summed E-state index contributed by atoms with van der Waals surface area (Å²) in [5.41, 5.74) is 5.10. The lowest BCUT2D eigenvalue weighted by atomic mass is 9.85. The lowest BCUT2D eigenvalue weighted by Crippen LogP contribution is -2.47. The molecule has 0 aliphatic heterocycles. The quantitative estimate of drug-likeness (QED) is 0.501. The molecule has 0 unspecified atom stereocenters. The summed E-state index contributed by atoms with van der Waals surface area (Å²) < 4.78 is 10.1. The lowest BCUT2D eigenvalue weighted by Gasteiger charge is -2.26. The minimum atomic E-state index is -0.623. The zero-order valence-corrected chi connectivity index (χ0v) is 11.7. The van der Waals surface area contributed by atoms with E-state index in [-0.39, 0.29) is 5.91 Å². The Morgan fingerprint density at radius 3 is 2.56 bits per heavy atom. The van der Waals surface area contributed by atoms with E-state index in [2.05, 4.69) is 5.32 Å². The largest absolute Gasteiger partial charge is 0.392 e. The number of hydrogen-bond donors (Lipinski definition) is 2. The molecule has 0 atom stereocenters. The third kappa shape index (κ3) is 3.90. The molecule has 1 aliphatic rings. The summed E-state index contributed by atoms with van der Waals surface area (Å²) in [5, 5.41) is 2.85. The van der Waals surface area contributed by atoms with E-state index in [9.17, 15) is 4.79 Å². The van der Waals surface area contributed by atoms with Crippen LogP contribution in [0.25, 0.3) is 0 Å². The van der Waals surface area contributed by atoms with Crippen LogP contribution in [-0.2, 0) is 14.3 Å². The first-order valence-electron chi connectivity index (χ1n) is 6.28. The number of nitrogens with one attached hydrogen (secondary N) is 1. The van der Waals surface area contributed by atoms with Crippen LogP contribution in [0.5, 0.6) is 0 Å². The number of methoxy groups -OCH3 is 1. The summed E-state index contributed by atoms with van der Waals surface area (Å²) >= 11 is 5.05. The highest BCUT2D eigenvalue weighted by atomic mass is 32.1. The Morgan fingerprint density at radius 2 is 2.00 bits per heavy atom. The first-order valence-corrected chi connectivity index (χ1v) is 6.69. The van der Waals surface area contributed by atoms with E-state index in [1.807, 2.05) is 0 Å². The van der Waals surface area contributed by atoms with Crippen molar-refractivity contribution in [1.29, 1.82) is 0 Å². The average Bonchev–Trinajstić information content (AvgIpc) is 2.84. The summed E-state index contributed by atoms with van der Waals surface area (Å²) in [7, 11) is 1.62. The van der Waals surface area contributed by atoms with Crippen molar-refractivity contribution in [1.82, 2.24) is 5.32 Å². The van der Waals surface area contributed by atoms with E-state index in [4.69, 9.17) is 27.4 Å². The molecule has 1 rings (SSSR count). The maximum atomic E-state index is 12.1. The summed E-state index contributed by atoms with van der Waals surface area (Å²) in [6, 6.07) is 0. The summed E-state index contributed by atoms with van der Waals surface area (Å²) in [5.74, 6) is -0.0529. The second-order valence-corrected chi connectivity index (χ2v) is 4.95. The van der Waals surface area contributed by atoms with Gasteiger partial charge in [-0.25, -0.2) is 0 Å². The molecule has 104 valence electrons. The number of nitrogens with two attached hydrogens (primary N) is 1. The van der Waals surface area contributed by atoms with Gasteiger partial charge < -0.3 is 20.5 Å². The van der Waals surface area contributed by atoms with E-state index in [1.165, 1.54) is 0 Å². The van der Waals surface area contributed by atoms with E-state index in [1.54, 1.807) is 7.11 Å². The van der Waals surface area contributed by atoms with Gasteiger partial charge in [-0.15, -0.1) is 0 Å². The van der Waals surface area contributed by atoms with Crippen LogP contribution in [0.15, 0.2) is 0 Å². The Balaban J connectivity index is 2.28. The zero-order chi connectivity index (χ0) is 13.4. The third-order valence-corrected chi connectivity index (χ3v) is 3.72. The second kappa shape index (κ2) is 7.66. The Bertz CT molecular complexity index is 291. The van der Waals surface area contributed by atoms with E-state index >= 15 is 0 Å². The molecule has 0 bridgehead atoms. The van der Waals surface area contributed by atoms with Gasteiger partial charge in [-0.1, -0.05) is 25.1 Å². The van der Waals surface area contributed by atoms with Gasteiger partial charge in [-0.05, 0) is 12.8 Å². The fourth-order valence-corrected chi connectivity index (χ4v) is 2.51. The molecule has 6 heteroatoms. The van der Waals surface area contributed by atoms with Gasteiger partial charge in [-0.2, -0.15) is 0 Å². The van der Waals surface area contributed by atoms with Crippen LogP contribution in [-0.4, -0.2) is 44.4 Å². The third-order valence-electron chi connectivity index (χ3n) is 3.33. The van der Waals surface area contributed by atoms with Crippen molar-refractivity contribution in [2.45, 2.75) is 25.7 Å². The molecular weight excluding hydrogens is 252 g/mol. The van der Waals surface area contributed by atoms with Gasteiger partial charge in [-0.3, -0.25) is 4.79 Å². The van der Waals surface area contributed by atoms with Gasteiger partial charge in [0.2, 0.25) is 5.91 Å². The van der Waals surface area contributed by atoms with Crippen LogP contribution in [0.2, 0.25) is 0 Å². The molecule has 1 amide bonds. The van der Waals surface area contributed by atoms with E-state index in [0.29, 0.717) is 31.4 Å². The Hall–Kier alpha value is -0.720. The maximum Gasteiger partial charge on any atom is 0.233 e. The molecule has 1 fully saturated rings. The van der Waals surface area contributed by atoms with Gasteiger partial charge >= 0.3 is 0 Å². The van der Waals surface area contributed by atoms with Gasteiger partial charge in [0.25, 0.3) is 0 Å². The van der Waals surface area contributed by atoms with E-state index < -0.39 is 5.41 Å². The number of amides is 1. The van der Waals surface area contributed by atoms with Crippen LogP contribution in [0.3, 0.4) is 0 Å². The zero-order valence-electron chi connectivity index (χ0n) is 10.9. The number of ether oxygens (including phenoxy) is 2. The van der Waals surface area contributed by atoms with Crippen molar-refractivity contribution in [3.63, 3.8) is 0 Å². The molecule has 1 saturated carbocycles. The number of hydrogen-bond acceptors (Lipinski definition) is 4. The van der Waals surface area contributed by atoms with Gasteiger partial charge in [0.15, 0.2) is 0 Å². The first kappa shape index (κ1) is 15.3. The molecule has 0 spiro atoms. The van der Waals surface area contributed by atoms with Crippen molar-refractivity contribution in [2.24, 2.45) is 11.1 Å². The lowest BCUT2D eigenvalue weighted by molar-refractivity contribution is -0.127. The molecule has 0 aromatic rings. The summed E-state index contributed by atoms with van der Waals surface area (Å²) in [6.07, 6.45) is 3.54. The van der Waals surface area contributed by atoms with Crippen molar-refractivity contribution >= 4 is 23.1 Å². The molecule has 0 heterocycles. The van der Waals surface area contributed by atoms with Crippen molar-refractivity contribution in [3.05, 3.63) is 0 Å². The van der Waals surface area contributed by atoms with Crippen LogP contribution >= 0.6 is 12.2 Å². The van der Waals surface area contributed by atoms with Crippen LogP contribution < -0.4 is 11.1 Å². The molecule has 0 radical (unpaired) electrons. The highest BCUT2D eigenvalue weighted by Gasteiger charge is 2.43. The Kier molecular flexibility index (Phi) is 6.52. The fourth-order valence-electron chi connectivity index (χ4n) is 2.21. The maximum absolute atomic E-state index is 12.1. The van der Waals surface area contributed by atoms with Crippen LogP contribution in [0.1, 0.15) is 25.7 Å².